The maximum absolute atomic E-state index is 2.76. The molecule has 4 aliphatic carbocycles. The van der Waals surface area contributed by atoms with E-state index in [2.05, 4.69) is 39.8 Å². The topological polar surface area (TPSA) is 0 Å². The monoisotopic (exact) mass is 468 g/mol. The summed E-state index contributed by atoms with van der Waals surface area (Å²) < 4.78 is 5.36. The van der Waals surface area contributed by atoms with Crippen LogP contribution in [0.4, 0.5) is 0 Å². The Balaban J connectivity index is 1.55. The van der Waals surface area contributed by atoms with Crippen molar-refractivity contribution in [2.24, 2.45) is 11.8 Å². The standard InChI is InChI=1S/2C13H19.C2H4.Zr/c2*1-10(2)7-11-8-12-5-3-4-6-13(12)9-11;1-2;/h2*8-10H,3-7H2,1-2H3;1-2H2;. The van der Waals surface area contributed by atoms with Gasteiger partial charge >= 0.3 is 185 Å². The third-order valence-electron chi connectivity index (χ3n) is 8.53. The first-order chi connectivity index (χ1) is 14.0. The number of hydrogen-bond acceptors (Lipinski definition) is 0. The number of hydrogen-bond donors (Lipinski definition) is 0. The summed E-state index contributed by atoms with van der Waals surface area (Å²) >= 11 is -2.27. The summed E-state index contributed by atoms with van der Waals surface area (Å²) in [7, 11) is 0. The molecule has 0 aromatic carbocycles. The molecular weight excluding hydrogens is 428 g/mol. The molecule has 1 aliphatic heterocycles. The molecule has 158 valence electrons. The van der Waals surface area contributed by atoms with Gasteiger partial charge in [0.15, 0.2) is 0 Å². The molecule has 2 atom stereocenters. The van der Waals surface area contributed by atoms with E-state index >= 15 is 0 Å². The Labute approximate surface area is 184 Å². The van der Waals surface area contributed by atoms with E-state index in [1.165, 1.54) is 64.2 Å². The van der Waals surface area contributed by atoms with E-state index in [1.807, 2.05) is 33.4 Å². The second-order valence-electron chi connectivity index (χ2n) is 11.7. The van der Waals surface area contributed by atoms with Crippen molar-refractivity contribution in [2.45, 2.75) is 107 Å². The number of allylic oxidation sites excluding steroid dienone is 8. The van der Waals surface area contributed by atoms with Crippen molar-refractivity contribution in [3.05, 3.63) is 45.6 Å². The summed E-state index contributed by atoms with van der Waals surface area (Å²) in [6.07, 6.45) is 19.7. The molecule has 5 rings (SSSR count). The van der Waals surface area contributed by atoms with Crippen molar-refractivity contribution in [2.75, 3.05) is 0 Å². The Bertz CT molecular complexity index is 732. The first-order valence-corrected chi connectivity index (χ1v) is 19.2. The minimum atomic E-state index is -2.27. The van der Waals surface area contributed by atoms with Crippen molar-refractivity contribution < 1.29 is 20.3 Å². The molecule has 0 spiro atoms. The van der Waals surface area contributed by atoms with Gasteiger partial charge in [-0.3, -0.25) is 0 Å². The molecule has 0 amide bonds. The average molecular weight is 470 g/mol. The molecule has 1 heterocycles. The summed E-state index contributed by atoms with van der Waals surface area (Å²) in [6.45, 7) is 9.80. The Morgan fingerprint density at radius 1 is 0.690 bits per heavy atom. The zero-order valence-electron chi connectivity index (χ0n) is 19.4. The van der Waals surface area contributed by atoms with Crippen LogP contribution in [0, 0.1) is 11.8 Å². The van der Waals surface area contributed by atoms with E-state index in [0.717, 1.165) is 19.1 Å². The molecule has 1 saturated heterocycles. The predicted octanol–water partition coefficient (Wildman–Crippen LogP) is 9.28. The van der Waals surface area contributed by atoms with E-state index < -0.39 is 20.3 Å². The number of rotatable bonds is 6. The Morgan fingerprint density at radius 3 is 1.48 bits per heavy atom. The third kappa shape index (κ3) is 3.71. The normalized spacial score (nSPS) is 30.7. The van der Waals surface area contributed by atoms with Crippen molar-refractivity contribution >= 4 is 0 Å². The Morgan fingerprint density at radius 2 is 1.10 bits per heavy atom. The Kier molecular flexibility index (Phi) is 5.77. The second-order valence-corrected chi connectivity index (χ2v) is 23.1. The van der Waals surface area contributed by atoms with E-state index in [9.17, 15) is 0 Å². The van der Waals surface area contributed by atoms with E-state index in [4.69, 9.17) is 0 Å². The van der Waals surface area contributed by atoms with Crippen LogP contribution in [-0.4, -0.2) is 0 Å². The van der Waals surface area contributed by atoms with Gasteiger partial charge in [0.2, 0.25) is 0 Å². The van der Waals surface area contributed by atoms with E-state index in [-0.39, 0.29) is 0 Å². The van der Waals surface area contributed by atoms with Gasteiger partial charge in [0.1, 0.15) is 0 Å². The molecule has 0 aromatic heterocycles. The van der Waals surface area contributed by atoms with Crippen LogP contribution in [-0.2, 0) is 20.3 Å². The fourth-order valence-corrected chi connectivity index (χ4v) is 25.8. The zero-order chi connectivity index (χ0) is 20.2. The summed E-state index contributed by atoms with van der Waals surface area (Å²) in [5.74, 6) is 1.62. The van der Waals surface area contributed by atoms with Crippen molar-refractivity contribution in [1.82, 2.24) is 0 Å². The molecule has 0 saturated carbocycles. The molecule has 1 heteroatoms. The quantitative estimate of drug-likeness (QED) is 0.363. The van der Waals surface area contributed by atoms with Gasteiger partial charge in [-0.15, -0.1) is 0 Å². The first-order valence-electron chi connectivity index (χ1n) is 12.8. The predicted molar refractivity (Wildman–Crippen MR) is 123 cm³/mol. The van der Waals surface area contributed by atoms with Crippen LogP contribution in [0.2, 0.25) is 15.5 Å². The van der Waals surface area contributed by atoms with Gasteiger partial charge in [0.05, 0.1) is 0 Å². The molecule has 0 radical (unpaired) electrons. The van der Waals surface area contributed by atoms with Crippen LogP contribution < -0.4 is 0 Å². The van der Waals surface area contributed by atoms with Crippen LogP contribution in [0.5, 0.6) is 0 Å². The van der Waals surface area contributed by atoms with Crippen LogP contribution >= 0.6 is 0 Å². The van der Waals surface area contributed by atoms with Gasteiger partial charge in [-0.1, -0.05) is 0 Å². The van der Waals surface area contributed by atoms with Gasteiger partial charge in [-0.05, 0) is 0 Å². The van der Waals surface area contributed by atoms with Gasteiger partial charge in [0.25, 0.3) is 0 Å². The van der Waals surface area contributed by atoms with Crippen LogP contribution in [0.15, 0.2) is 45.6 Å². The third-order valence-corrected chi connectivity index (χ3v) is 21.8. The van der Waals surface area contributed by atoms with Gasteiger partial charge in [-0.25, -0.2) is 0 Å². The molecule has 1 fully saturated rings. The van der Waals surface area contributed by atoms with Crippen molar-refractivity contribution in [1.29, 1.82) is 0 Å². The second kappa shape index (κ2) is 8.08. The average Bonchev–Trinajstić information content (AvgIpc) is 3.23. The van der Waals surface area contributed by atoms with Crippen molar-refractivity contribution in [3.8, 4) is 0 Å². The van der Waals surface area contributed by atoms with Gasteiger partial charge < -0.3 is 0 Å². The first kappa shape index (κ1) is 20.7. The summed E-state index contributed by atoms with van der Waals surface area (Å²) in [5, 5.41) is 0. The molecule has 0 nitrogen and oxygen atoms in total. The maximum atomic E-state index is 2.76. The SMILES string of the molecule is CC(C)CC1=CC2=C(CCCC2)[CH]1[Zr]1([CH]2C(CC(C)C)=CC3=C2CCCC3)[CH2][CH2]1. The molecule has 0 bridgehead atoms. The molecule has 29 heavy (non-hydrogen) atoms. The molecular formula is C28H42Zr. The van der Waals surface area contributed by atoms with Crippen LogP contribution in [0.1, 0.15) is 91.9 Å². The van der Waals surface area contributed by atoms with Crippen LogP contribution in [0.3, 0.4) is 0 Å². The van der Waals surface area contributed by atoms with Crippen molar-refractivity contribution in [3.63, 3.8) is 0 Å². The molecule has 0 N–H and O–H groups in total. The minimum absolute atomic E-state index is 0.811. The summed E-state index contributed by atoms with van der Waals surface area (Å²) in [6, 6.07) is 0. The molecule has 2 unspecified atom stereocenters. The van der Waals surface area contributed by atoms with Crippen LogP contribution in [0.25, 0.3) is 0 Å². The van der Waals surface area contributed by atoms with Gasteiger partial charge in [0, 0.05) is 0 Å². The summed E-state index contributed by atoms with van der Waals surface area (Å²) in [5.41, 5.74) is 11.5. The fraction of sp³-hybridized carbons (Fsp3) is 0.714. The zero-order valence-corrected chi connectivity index (χ0v) is 21.9. The van der Waals surface area contributed by atoms with E-state index in [1.54, 1.807) is 8.26 Å². The van der Waals surface area contributed by atoms with E-state index in [0.29, 0.717) is 0 Å². The molecule has 5 aliphatic rings. The molecule has 0 aromatic rings. The van der Waals surface area contributed by atoms with Gasteiger partial charge in [-0.2, -0.15) is 0 Å². The fourth-order valence-electron chi connectivity index (χ4n) is 7.57. The summed E-state index contributed by atoms with van der Waals surface area (Å²) in [4.78, 5) is 0. The Hall–Kier alpha value is -0.157.